The molecule has 2 amide bonds. The van der Waals surface area contributed by atoms with Crippen molar-refractivity contribution in [1.29, 1.82) is 0 Å². The summed E-state index contributed by atoms with van der Waals surface area (Å²) >= 11 is 0. The molecule has 3 heterocycles. The largest absolute Gasteiger partial charge is 0.480 e. The number of nitrogens with zero attached hydrogens (tertiary/aromatic N) is 1. The number of carbonyl (C=O) groups is 2. The van der Waals surface area contributed by atoms with Crippen molar-refractivity contribution in [1.82, 2.24) is 10.2 Å². The highest BCUT2D eigenvalue weighted by Gasteiger charge is 2.44. The SMILES string of the molecule is O=C(O)[C@H]1C[C@@H](O)CN1C(=O)NC1CC2CCC1O2. The molecule has 3 saturated heterocycles. The van der Waals surface area contributed by atoms with Crippen molar-refractivity contribution < 1.29 is 24.5 Å². The number of urea groups is 1. The number of aliphatic carboxylic acids is 1. The van der Waals surface area contributed by atoms with Gasteiger partial charge in [0.05, 0.1) is 24.4 Å². The molecule has 0 aromatic carbocycles. The van der Waals surface area contributed by atoms with Crippen LogP contribution in [0.15, 0.2) is 0 Å². The fourth-order valence-corrected chi connectivity index (χ4v) is 3.30. The van der Waals surface area contributed by atoms with E-state index in [4.69, 9.17) is 9.84 Å². The number of hydrogen-bond acceptors (Lipinski definition) is 4. The highest BCUT2D eigenvalue weighted by atomic mass is 16.5. The summed E-state index contributed by atoms with van der Waals surface area (Å²) in [5.41, 5.74) is 0. The van der Waals surface area contributed by atoms with Gasteiger partial charge in [-0.25, -0.2) is 9.59 Å². The van der Waals surface area contributed by atoms with Crippen LogP contribution in [0.25, 0.3) is 0 Å². The van der Waals surface area contributed by atoms with Crippen LogP contribution >= 0.6 is 0 Å². The number of amides is 2. The third kappa shape index (κ3) is 2.28. The number of aliphatic hydroxyl groups excluding tert-OH is 1. The molecule has 2 bridgehead atoms. The molecule has 0 aromatic rings. The number of β-amino-alcohol motifs (C(OH)–C–C–N with tert-alkyl or cyclic N) is 1. The molecule has 3 N–H and O–H groups in total. The lowest BCUT2D eigenvalue weighted by Gasteiger charge is -2.26. The maximum Gasteiger partial charge on any atom is 0.326 e. The van der Waals surface area contributed by atoms with Gasteiger partial charge in [-0.15, -0.1) is 0 Å². The van der Waals surface area contributed by atoms with Crippen molar-refractivity contribution in [3.8, 4) is 0 Å². The summed E-state index contributed by atoms with van der Waals surface area (Å²) in [6.45, 7) is 0.0739. The third-order valence-corrected chi connectivity index (χ3v) is 4.24. The molecule has 19 heavy (non-hydrogen) atoms. The summed E-state index contributed by atoms with van der Waals surface area (Å²) in [5.74, 6) is -1.07. The van der Waals surface area contributed by atoms with E-state index >= 15 is 0 Å². The molecule has 3 unspecified atom stereocenters. The van der Waals surface area contributed by atoms with Crippen LogP contribution in [-0.2, 0) is 9.53 Å². The van der Waals surface area contributed by atoms with Crippen LogP contribution in [0.3, 0.4) is 0 Å². The van der Waals surface area contributed by atoms with Crippen LogP contribution in [0.5, 0.6) is 0 Å². The lowest BCUT2D eigenvalue weighted by atomic mass is 9.96. The predicted molar refractivity (Wildman–Crippen MR) is 63.6 cm³/mol. The average molecular weight is 270 g/mol. The average Bonchev–Trinajstić information content (AvgIpc) is 3.02. The van der Waals surface area contributed by atoms with Gasteiger partial charge in [0, 0.05) is 13.0 Å². The summed E-state index contributed by atoms with van der Waals surface area (Å²) in [6.07, 6.45) is 2.40. The number of fused-ring (bicyclic) bond motifs is 2. The summed E-state index contributed by atoms with van der Waals surface area (Å²) in [6, 6.07) is -1.38. The first kappa shape index (κ1) is 12.7. The van der Waals surface area contributed by atoms with E-state index < -0.39 is 24.1 Å². The van der Waals surface area contributed by atoms with E-state index in [1.54, 1.807) is 0 Å². The van der Waals surface area contributed by atoms with E-state index in [-0.39, 0.29) is 31.2 Å². The molecule has 0 aliphatic carbocycles. The minimum absolute atomic E-state index is 0.0292. The smallest absolute Gasteiger partial charge is 0.326 e. The van der Waals surface area contributed by atoms with Gasteiger partial charge in [-0.3, -0.25) is 0 Å². The summed E-state index contributed by atoms with van der Waals surface area (Å²) in [5, 5.41) is 21.4. The van der Waals surface area contributed by atoms with Crippen molar-refractivity contribution in [2.75, 3.05) is 6.54 Å². The van der Waals surface area contributed by atoms with Crippen LogP contribution in [0, 0.1) is 0 Å². The second-order valence-corrected chi connectivity index (χ2v) is 5.56. The molecule has 7 nitrogen and oxygen atoms in total. The fraction of sp³-hybridized carbons (Fsp3) is 0.833. The number of likely N-dealkylation sites (tertiary alicyclic amines) is 1. The van der Waals surface area contributed by atoms with Gasteiger partial charge >= 0.3 is 12.0 Å². The van der Waals surface area contributed by atoms with E-state index in [2.05, 4.69) is 5.32 Å². The van der Waals surface area contributed by atoms with E-state index in [1.807, 2.05) is 0 Å². The number of carbonyl (C=O) groups excluding carboxylic acids is 1. The highest BCUT2D eigenvalue weighted by molar-refractivity contribution is 5.83. The topological polar surface area (TPSA) is 99.1 Å². The Balaban J connectivity index is 1.62. The van der Waals surface area contributed by atoms with Gasteiger partial charge in [-0.05, 0) is 19.3 Å². The second-order valence-electron chi connectivity index (χ2n) is 5.56. The molecule has 3 aliphatic rings. The second kappa shape index (κ2) is 4.64. The first-order chi connectivity index (χ1) is 9.04. The van der Waals surface area contributed by atoms with Gasteiger partial charge in [0.25, 0.3) is 0 Å². The van der Waals surface area contributed by atoms with Crippen molar-refractivity contribution >= 4 is 12.0 Å². The summed E-state index contributed by atoms with van der Waals surface area (Å²) < 4.78 is 5.64. The van der Waals surface area contributed by atoms with Gasteiger partial charge in [-0.2, -0.15) is 0 Å². The maximum atomic E-state index is 12.1. The fourth-order valence-electron chi connectivity index (χ4n) is 3.30. The number of carboxylic acid groups (broad SMARTS) is 1. The Morgan fingerprint density at radius 2 is 2.05 bits per heavy atom. The minimum atomic E-state index is -1.07. The zero-order chi connectivity index (χ0) is 13.6. The Hall–Kier alpha value is -1.34. The molecule has 7 heteroatoms. The first-order valence-corrected chi connectivity index (χ1v) is 6.68. The van der Waals surface area contributed by atoms with Gasteiger partial charge in [-0.1, -0.05) is 0 Å². The number of nitrogens with one attached hydrogen (secondary N) is 1. The van der Waals surface area contributed by atoms with Crippen molar-refractivity contribution in [3.05, 3.63) is 0 Å². The number of rotatable bonds is 2. The van der Waals surface area contributed by atoms with Crippen LogP contribution in [0.1, 0.15) is 25.7 Å². The number of aliphatic hydroxyl groups is 1. The quantitative estimate of drug-likeness (QED) is 0.630. The Labute approximate surface area is 110 Å². The van der Waals surface area contributed by atoms with Crippen molar-refractivity contribution in [2.24, 2.45) is 0 Å². The molecule has 106 valence electrons. The Kier molecular flexibility index (Phi) is 3.10. The van der Waals surface area contributed by atoms with Crippen LogP contribution in [0.2, 0.25) is 0 Å². The monoisotopic (exact) mass is 270 g/mol. The first-order valence-electron chi connectivity index (χ1n) is 6.68. The summed E-state index contributed by atoms with van der Waals surface area (Å²) in [4.78, 5) is 24.4. The number of carboxylic acids is 1. The summed E-state index contributed by atoms with van der Waals surface area (Å²) in [7, 11) is 0. The molecule has 0 saturated carbocycles. The van der Waals surface area contributed by atoms with Crippen LogP contribution < -0.4 is 5.32 Å². The molecule has 3 rings (SSSR count). The molecule has 0 aromatic heterocycles. The van der Waals surface area contributed by atoms with E-state index in [0.717, 1.165) is 19.3 Å². The van der Waals surface area contributed by atoms with Crippen molar-refractivity contribution in [3.63, 3.8) is 0 Å². The minimum Gasteiger partial charge on any atom is -0.480 e. The molecule has 3 fully saturated rings. The van der Waals surface area contributed by atoms with Gasteiger partial charge in [0.15, 0.2) is 0 Å². The number of hydrogen-bond donors (Lipinski definition) is 3. The Morgan fingerprint density at radius 3 is 2.63 bits per heavy atom. The third-order valence-electron chi connectivity index (χ3n) is 4.24. The maximum absolute atomic E-state index is 12.1. The lowest BCUT2D eigenvalue weighted by molar-refractivity contribution is -0.141. The Morgan fingerprint density at radius 1 is 1.26 bits per heavy atom. The highest BCUT2D eigenvalue weighted by Crippen LogP contribution is 2.34. The molecule has 5 atom stereocenters. The zero-order valence-electron chi connectivity index (χ0n) is 10.5. The van der Waals surface area contributed by atoms with Crippen LogP contribution in [0.4, 0.5) is 4.79 Å². The lowest BCUT2D eigenvalue weighted by Crippen LogP contribution is -2.51. The molecule has 0 spiro atoms. The predicted octanol–water partition coefficient (Wildman–Crippen LogP) is -0.464. The van der Waals surface area contributed by atoms with Gasteiger partial charge in [0.2, 0.25) is 0 Å². The molecular weight excluding hydrogens is 252 g/mol. The van der Waals surface area contributed by atoms with Crippen LogP contribution in [-0.4, -0.2) is 64.1 Å². The molecular formula is C12H18N2O5. The normalized spacial score (nSPS) is 40.7. The molecule has 0 radical (unpaired) electrons. The number of ether oxygens (including phenoxy) is 1. The van der Waals surface area contributed by atoms with E-state index in [1.165, 1.54) is 4.90 Å². The van der Waals surface area contributed by atoms with Crippen molar-refractivity contribution in [2.45, 2.75) is 56.1 Å². The van der Waals surface area contributed by atoms with Gasteiger partial charge < -0.3 is 25.2 Å². The zero-order valence-corrected chi connectivity index (χ0v) is 10.5. The van der Waals surface area contributed by atoms with E-state index in [9.17, 15) is 14.7 Å². The van der Waals surface area contributed by atoms with Gasteiger partial charge in [0.1, 0.15) is 6.04 Å². The standard InChI is InChI=1S/C12H18N2O5/c15-6-3-9(11(16)17)14(5-6)12(18)13-8-4-7-1-2-10(8)19-7/h6-10,15H,1-5H2,(H,13,18)(H,16,17)/t6-,7?,8?,9-,10?/m1/s1. The molecule has 3 aliphatic heterocycles. The Bertz CT molecular complexity index is 402. The van der Waals surface area contributed by atoms with E-state index in [0.29, 0.717) is 0 Å².